The summed E-state index contributed by atoms with van der Waals surface area (Å²) in [5, 5.41) is 3.81. The number of hydrogen-bond donors (Lipinski definition) is 2. The van der Waals surface area contributed by atoms with Crippen LogP contribution in [0.25, 0.3) is 22.3 Å². The zero-order valence-electron chi connectivity index (χ0n) is 19.0. The monoisotopic (exact) mass is 462 g/mol. The van der Waals surface area contributed by atoms with Gasteiger partial charge in [-0.05, 0) is 51.6 Å². The van der Waals surface area contributed by atoms with Crippen LogP contribution >= 0.6 is 0 Å². The van der Waals surface area contributed by atoms with Crippen molar-refractivity contribution in [2.75, 3.05) is 12.4 Å². The quantitative estimate of drug-likeness (QED) is 0.413. The molecule has 0 aliphatic rings. The number of fused-ring (bicyclic) bond motifs is 1. The minimum atomic E-state index is -3.65. The van der Waals surface area contributed by atoms with Crippen LogP contribution in [0.3, 0.4) is 0 Å². The van der Waals surface area contributed by atoms with Crippen LogP contribution in [0.1, 0.15) is 29.7 Å². The molecule has 0 saturated heterocycles. The lowest BCUT2D eigenvalue weighted by molar-refractivity contribution is 0.588. The minimum absolute atomic E-state index is 0.0783. The molecular formula is C26H26N2O4S. The Morgan fingerprint density at radius 2 is 1.61 bits per heavy atom. The molecule has 0 radical (unpaired) electrons. The molecule has 0 aliphatic carbocycles. The van der Waals surface area contributed by atoms with Gasteiger partial charge in [-0.2, -0.15) is 0 Å². The number of para-hydroxylation sites is 1. The SMILES string of the molecule is CNS(=O)(=O)c1ccccc1NC(C)c1cc(C)cc2c(=O)c(C)c(-c3ccccc3)oc12. The maximum absolute atomic E-state index is 13.3. The second kappa shape index (κ2) is 8.84. The Balaban J connectivity index is 1.88. The molecule has 170 valence electrons. The van der Waals surface area contributed by atoms with Crippen molar-refractivity contribution in [3.63, 3.8) is 0 Å². The van der Waals surface area contributed by atoms with Crippen molar-refractivity contribution in [1.29, 1.82) is 0 Å². The molecule has 33 heavy (non-hydrogen) atoms. The van der Waals surface area contributed by atoms with Crippen LogP contribution in [0.5, 0.6) is 0 Å². The smallest absolute Gasteiger partial charge is 0.242 e. The summed E-state index contributed by atoms with van der Waals surface area (Å²) in [5.74, 6) is 0.531. The molecule has 1 unspecified atom stereocenters. The predicted molar refractivity (Wildman–Crippen MR) is 132 cm³/mol. The Bertz CT molecular complexity index is 1490. The first-order chi connectivity index (χ1) is 15.7. The summed E-state index contributed by atoms with van der Waals surface area (Å²) in [6.45, 7) is 5.62. The maximum atomic E-state index is 13.3. The van der Waals surface area contributed by atoms with E-state index in [1.807, 2.05) is 56.3 Å². The molecule has 0 spiro atoms. The zero-order chi connectivity index (χ0) is 23.8. The van der Waals surface area contributed by atoms with Crippen LogP contribution in [0.2, 0.25) is 0 Å². The summed E-state index contributed by atoms with van der Waals surface area (Å²) < 4.78 is 33.7. The fraction of sp³-hybridized carbons (Fsp3) is 0.192. The van der Waals surface area contributed by atoms with Gasteiger partial charge in [0.05, 0.1) is 17.1 Å². The van der Waals surface area contributed by atoms with Crippen LogP contribution in [0.4, 0.5) is 5.69 Å². The molecule has 0 bridgehead atoms. The molecule has 1 aromatic heterocycles. The average molecular weight is 463 g/mol. The van der Waals surface area contributed by atoms with E-state index in [0.717, 1.165) is 16.7 Å². The van der Waals surface area contributed by atoms with E-state index in [-0.39, 0.29) is 16.4 Å². The third kappa shape index (κ3) is 4.29. The fourth-order valence-corrected chi connectivity index (χ4v) is 4.89. The molecule has 2 N–H and O–H groups in total. The van der Waals surface area contributed by atoms with E-state index in [1.54, 1.807) is 31.2 Å². The molecule has 6 nitrogen and oxygen atoms in total. The van der Waals surface area contributed by atoms with E-state index in [2.05, 4.69) is 10.0 Å². The number of anilines is 1. The van der Waals surface area contributed by atoms with Gasteiger partial charge in [0.2, 0.25) is 10.0 Å². The third-order valence-electron chi connectivity index (χ3n) is 5.71. The maximum Gasteiger partial charge on any atom is 0.242 e. The molecule has 1 heterocycles. The average Bonchev–Trinajstić information content (AvgIpc) is 2.82. The van der Waals surface area contributed by atoms with Gasteiger partial charge in [-0.15, -0.1) is 0 Å². The van der Waals surface area contributed by atoms with Crippen LogP contribution in [0.15, 0.2) is 80.8 Å². The van der Waals surface area contributed by atoms with E-state index >= 15 is 0 Å². The topological polar surface area (TPSA) is 88.4 Å². The van der Waals surface area contributed by atoms with Crippen molar-refractivity contribution in [3.05, 3.63) is 93.6 Å². The highest BCUT2D eigenvalue weighted by Gasteiger charge is 2.21. The Morgan fingerprint density at radius 1 is 0.939 bits per heavy atom. The van der Waals surface area contributed by atoms with Gasteiger partial charge in [0.1, 0.15) is 16.2 Å². The number of benzene rings is 3. The number of hydrogen-bond acceptors (Lipinski definition) is 5. The first-order valence-corrected chi connectivity index (χ1v) is 12.1. The summed E-state index contributed by atoms with van der Waals surface area (Å²) >= 11 is 0. The lowest BCUT2D eigenvalue weighted by Gasteiger charge is -2.20. The van der Waals surface area contributed by atoms with E-state index in [4.69, 9.17) is 4.42 Å². The first kappa shape index (κ1) is 22.8. The van der Waals surface area contributed by atoms with Gasteiger partial charge in [-0.1, -0.05) is 48.5 Å². The largest absolute Gasteiger partial charge is 0.455 e. The highest BCUT2D eigenvalue weighted by Crippen LogP contribution is 2.33. The summed E-state index contributed by atoms with van der Waals surface area (Å²) in [6, 6.07) is 19.7. The second-order valence-corrected chi connectivity index (χ2v) is 9.91. The van der Waals surface area contributed by atoms with Gasteiger partial charge < -0.3 is 9.73 Å². The van der Waals surface area contributed by atoms with Gasteiger partial charge >= 0.3 is 0 Å². The highest BCUT2D eigenvalue weighted by molar-refractivity contribution is 7.89. The number of sulfonamides is 1. The predicted octanol–water partition coefficient (Wildman–Crippen LogP) is 5.16. The van der Waals surface area contributed by atoms with Crippen molar-refractivity contribution >= 4 is 26.7 Å². The fourth-order valence-electron chi connectivity index (χ4n) is 4.00. The van der Waals surface area contributed by atoms with Gasteiger partial charge in [0.25, 0.3) is 0 Å². The van der Waals surface area contributed by atoms with E-state index in [0.29, 0.717) is 28.0 Å². The van der Waals surface area contributed by atoms with Crippen molar-refractivity contribution in [3.8, 4) is 11.3 Å². The second-order valence-electron chi connectivity index (χ2n) is 8.05. The Labute approximate surface area is 193 Å². The molecule has 0 amide bonds. The molecule has 4 aromatic rings. The molecule has 3 aromatic carbocycles. The standard InChI is InChI=1S/C26H26N2O4S/c1-16-14-20(18(3)28-22-12-8-9-13-23(22)33(30,31)27-4)26-21(15-16)24(29)17(2)25(32-26)19-10-6-5-7-11-19/h5-15,18,27-28H,1-4H3. The van der Waals surface area contributed by atoms with Crippen LogP contribution in [-0.2, 0) is 10.0 Å². The molecular weight excluding hydrogens is 436 g/mol. The van der Waals surface area contributed by atoms with E-state index in [1.165, 1.54) is 7.05 Å². The summed E-state index contributed by atoms with van der Waals surface area (Å²) in [7, 11) is -2.27. The molecule has 0 aliphatic heterocycles. The van der Waals surface area contributed by atoms with Crippen LogP contribution < -0.4 is 15.5 Å². The number of aryl methyl sites for hydroxylation is 1. The van der Waals surface area contributed by atoms with Gasteiger partial charge in [0, 0.05) is 16.7 Å². The third-order valence-corrected chi connectivity index (χ3v) is 7.18. The van der Waals surface area contributed by atoms with Crippen molar-refractivity contribution in [2.45, 2.75) is 31.7 Å². The Hall–Kier alpha value is -3.42. The Kier molecular flexibility index (Phi) is 6.10. The first-order valence-electron chi connectivity index (χ1n) is 10.7. The molecule has 7 heteroatoms. The van der Waals surface area contributed by atoms with E-state index < -0.39 is 10.0 Å². The normalized spacial score (nSPS) is 12.6. The van der Waals surface area contributed by atoms with Gasteiger partial charge in [-0.25, -0.2) is 13.1 Å². The molecule has 0 fully saturated rings. The van der Waals surface area contributed by atoms with E-state index in [9.17, 15) is 13.2 Å². The molecule has 4 rings (SSSR count). The molecule has 0 saturated carbocycles. The van der Waals surface area contributed by atoms with Gasteiger partial charge in [-0.3, -0.25) is 4.79 Å². The van der Waals surface area contributed by atoms with Crippen molar-refractivity contribution in [1.82, 2.24) is 4.72 Å². The minimum Gasteiger partial charge on any atom is -0.455 e. The highest BCUT2D eigenvalue weighted by atomic mass is 32.2. The van der Waals surface area contributed by atoms with Crippen LogP contribution in [-0.4, -0.2) is 15.5 Å². The summed E-state index contributed by atoms with van der Waals surface area (Å²) in [4.78, 5) is 13.4. The van der Waals surface area contributed by atoms with Crippen molar-refractivity contribution in [2.24, 2.45) is 0 Å². The van der Waals surface area contributed by atoms with Crippen LogP contribution in [0, 0.1) is 13.8 Å². The Morgan fingerprint density at radius 3 is 2.30 bits per heavy atom. The van der Waals surface area contributed by atoms with Crippen molar-refractivity contribution < 1.29 is 12.8 Å². The molecule has 1 atom stereocenters. The number of rotatable bonds is 6. The summed E-state index contributed by atoms with van der Waals surface area (Å²) in [5.41, 5.74) is 3.95. The lowest BCUT2D eigenvalue weighted by Crippen LogP contribution is -2.21. The lowest BCUT2D eigenvalue weighted by atomic mass is 9.99. The zero-order valence-corrected chi connectivity index (χ0v) is 19.8. The summed E-state index contributed by atoms with van der Waals surface area (Å²) in [6.07, 6.45) is 0. The van der Waals surface area contributed by atoms with Gasteiger partial charge in [0.15, 0.2) is 5.43 Å². The number of nitrogens with one attached hydrogen (secondary N) is 2.